The van der Waals surface area contributed by atoms with Crippen molar-refractivity contribution in [3.8, 4) is 0 Å². The molecular weight excluding hydrogens is 256 g/mol. The van der Waals surface area contributed by atoms with Gasteiger partial charge in [0.2, 0.25) is 0 Å². The number of allylic oxidation sites excluding steroid dienone is 2. The Morgan fingerprint density at radius 3 is 2.05 bits per heavy atom. The predicted molar refractivity (Wildman–Crippen MR) is 91.5 cm³/mol. The van der Waals surface area contributed by atoms with Crippen LogP contribution in [0.2, 0.25) is 0 Å². The summed E-state index contributed by atoms with van der Waals surface area (Å²) in [4.78, 5) is 0. The largest absolute Gasteiger partial charge is 0.378 e. The van der Waals surface area contributed by atoms with E-state index in [9.17, 15) is 0 Å². The van der Waals surface area contributed by atoms with Crippen molar-refractivity contribution in [2.45, 2.75) is 90.6 Å². The third-order valence-electron chi connectivity index (χ3n) is 5.70. The fraction of sp³-hybridized carbons (Fsp3) is 0.900. The Hall–Kier alpha value is -0.300. The van der Waals surface area contributed by atoms with Gasteiger partial charge in [-0.15, -0.1) is 0 Å². The van der Waals surface area contributed by atoms with E-state index in [0.717, 1.165) is 24.4 Å². The van der Waals surface area contributed by atoms with Crippen molar-refractivity contribution in [3.63, 3.8) is 0 Å². The summed E-state index contributed by atoms with van der Waals surface area (Å²) in [7, 11) is 0. The minimum Gasteiger partial charge on any atom is -0.378 e. The molecule has 0 aliphatic heterocycles. The van der Waals surface area contributed by atoms with Gasteiger partial charge >= 0.3 is 0 Å². The maximum atomic E-state index is 6.01. The molecule has 0 amide bonds. The van der Waals surface area contributed by atoms with Crippen LogP contribution in [-0.2, 0) is 4.74 Å². The van der Waals surface area contributed by atoms with Crippen LogP contribution in [0.25, 0.3) is 0 Å². The lowest BCUT2D eigenvalue weighted by Gasteiger charge is -2.37. The zero-order chi connectivity index (χ0) is 14.9. The molecule has 2 aliphatic carbocycles. The fourth-order valence-corrected chi connectivity index (χ4v) is 4.26. The molecule has 1 heteroatoms. The highest BCUT2D eigenvalue weighted by Gasteiger charge is 2.30. The first-order valence-electron chi connectivity index (χ1n) is 9.61. The Labute approximate surface area is 132 Å². The Morgan fingerprint density at radius 1 is 0.857 bits per heavy atom. The summed E-state index contributed by atoms with van der Waals surface area (Å²) in [6.07, 6.45) is 20.4. The summed E-state index contributed by atoms with van der Waals surface area (Å²) in [6.45, 7) is 5.47. The number of unbranched alkanes of at least 4 members (excludes halogenated alkanes) is 1. The lowest BCUT2D eigenvalue weighted by atomic mass is 9.70. The second kappa shape index (κ2) is 9.66. The summed E-state index contributed by atoms with van der Waals surface area (Å²) in [6, 6.07) is 0. The molecule has 0 bridgehead atoms. The zero-order valence-corrected chi connectivity index (χ0v) is 14.4. The topological polar surface area (TPSA) is 9.23 Å². The van der Waals surface area contributed by atoms with E-state index in [-0.39, 0.29) is 0 Å². The highest BCUT2D eigenvalue weighted by molar-refractivity contribution is 4.92. The van der Waals surface area contributed by atoms with Crippen LogP contribution >= 0.6 is 0 Å². The molecule has 0 radical (unpaired) electrons. The van der Waals surface area contributed by atoms with Crippen molar-refractivity contribution in [1.82, 2.24) is 0 Å². The van der Waals surface area contributed by atoms with E-state index >= 15 is 0 Å². The minimum absolute atomic E-state index is 0.580. The first-order valence-corrected chi connectivity index (χ1v) is 9.61. The van der Waals surface area contributed by atoms with Gasteiger partial charge in [-0.2, -0.15) is 0 Å². The van der Waals surface area contributed by atoms with Crippen LogP contribution in [0.4, 0.5) is 0 Å². The number of ether oxygens (including phenoxy) is 1. The fourth-order valence-electron chi connectivity index (χ4n) is 4.26. The van der Waals surface area contributed by atoms with Gasteiger partial charge < -0.3 is 4.74 Å². The highest BCUT2D eigenvalue weighted by Crippen LogP contribution is 2.40. The maximum Gasteiger partial charge on any atom is 0.0575 e. The molecule has 0 aromatic rings. The molecule has 2 rings (SSSR count). The van der Waals surface area contributed by atoms with E-state index in [1.807, 2.05) is 0 Å². The first kappa shape index (κ1) is 17.1. The third kappa shape index (κ3) is 5.77. The van der Waals surface area contributed by atoms with Crippen LogP contribution in [0.1, 0.15) is 84.5 Å². The van der Waals surface area contributed by atoms with Gasteiger partial charge in [-0.3, -0.25) is 0 Å². The van der Waals surface area contributed by atoms with Gasteiger partial charge in [-0.05, 0) is 82.0 Å². The average molecular weight is 293 g/mol. The molecule has 2 aliphatic rings. The number of rotatable bonds is 7. The van der Waals surface area contributed by atoms with Crippen LogP contribution in [0.5, 0.6) is 0 Å². The van der Waals surface area contributed by atoms with E-state index in [1.165, 1.54) is 70.6 Å². The number of hydrogen-bond donors (Lipinski definition) is 0. The Bertz CT molecular complexity index is 280. The summed E-state index contributed by atoms with van der Waals surface area (Å²) in [5, 5.41) is 0. The second-order valence-corrected chi connectivity index (χ2v) is 7.27. The van der Waals surface area contributed by atoms with Crippen molar-refractivity contribution in [2.75, 3.05) is 6.61 Å². The highest BCUT2D eigenvalue weighted by atomic mass is 16.5. The van der Waals surface area contributed by atoms with Crippen molar-refractivity contribution in [2.24, 2.45) is 17.8 Å². The van der Waals surface area contributed by atoms with Gasteiger partial charge in [-0.1, -0.05) is 32.4 Å². The maximum absolute atomic E-state index is 6.01. The normalized spacial score (nSPS) is 34.4. The SMILES string of the molecule is CC/C=C/C1CCC(C2CCC(OCCCC)CC2)CC1. The second-order valence-electron chi connectivity index (χ2n) is 7.27. The lowest BCUT2D eigenvalue weighted by Crippen LogP contribution is -2.28. The summed E-state index contributed by atoms with van der Waals surface area (Å²) in [5.74, 6) is 2.91. The molecule has 1 nitrogen and oxygen atoms in total. The molecule has 0 N–H and O–H groups in total. The molecule has 0 aromatic carbocycles. The van der Waals surface area contributed by atoms with Crippen LogP contribution in [0.15, 0.2) is 12.2 Å². The Morgan fingerprint density at radius 2 is 1.48 bits per heavy atom. The predicted octanol–water partition coefficient (Wildman–Crippen LogP) is 6.13. The van der Waals surface area contributed by atoms with Crippen molar-refractivity contribution in [1.29, 1.82) is 0 Å². The monoisotopic (exact) mass is 292 g/mol. The standard InChI is InChI=1S/C20H36O/c1-3-5-7-17-8-10-18(11-9-17)19-12-14-20(15-13-19)21-16-6-4-2/h5,7,17-20H,3-4,6,8-16H2,1-2H3/b7-5+. The van der Waals surface area contributed by atoms with Crippen molar-refractivity contribution in [3.05, 3.63) is 12.2 Å². The summed E-state index contributed by atoms with van der Waals surface area (Å²) >= 11 is 0. The molecule has 0 spiro atoms. The van der Waals surface area contributed by atoms with Crippen LogP contribution in [0.3, 0.4) is 0 Å². The van der Waals surface area contributed by atoms with Gasteiger partial charge in [0.15, 0.2) is 0 Å². The molecule has 0 aromatic heterocycles. The van der Waals surface area contributed by atoms with Gasteiger partial charge in [0.05, 0.1) is 6.10 Å². The quantitative estimate of drug-likeness (QED) is 0.405. The molecule has 122 valence electrons. The van der Waals surface area contributed by atoms with Crippen LogP contribution in [0, 0.1) is 17.8 Å². The van der Waals surface area contributed by atoms with Gasteiger partial charge in [0, 0.05) is 6.61 Å². The van der Waals surface area contributed by atoms with E-state index in [1.54, 1.807) is 0 Å². The molecule has 0 saturated heterocycles. The first-order chi connectivity index (χ1) is 10.3. The van der Waals surface area contributed by atoms with Gasteiger partial charge in [0.25, 0.3) is 0 Å². The summed E-state index contributed by atoms with van der Waals surface area (Å²) < 4.78 is 6.01. The van der Waals surface area contributed by atoms with Crippen LogP contribution < -0.4 is 0 Å². The van der Waals surface area contributed by atoms with Crippen LogP contribution in [-0.4, -0.2) is 12.7 Å². The molecule has 2 fully saturated rings. The third-order valence-corrected chi connectivity index (χ3v) is 5.70. The minimum atomic E-state index is 0.580. The number of hydrogen-bond acceptors (Lipinski definition) is 1. The van der Waals surface area contributed by atoms with E-state index in [2.05, 4.69) is 26.0 Å². The van der Waals surface area contributed by atoms with Crippen molar-refractivity contribution < 1.29 is 4.74 Å². The van der Waals surface area contributed by atoms with E-state index in [0.29, 0.717) is 6.10 Å². The molecule has 0 unspecified atom stereocenters. The molecular formula is C20H36O. The van der Waals surface area contributed by atoms with Crippen molar-refractivity contribution >= 4 is 0 Å². The Balaban J connectivity index is 1.63. The molecule has 0 heterocycles. The molecule has 0 atom stereocenters. The van der Waals surface area contributed by atoms with E-state index < -0.39 is 0 Å². The summed E-state index contributed by atoms with van der Waals surface area (Å²) in [5.41, 5.74) is 0. The molecule has 2 saturated carbocycles. The average Bonchev–Trinajstić information content (AvgIpc) is 2.54. The smallest absolute Gasteiger partial charge is 0.0575 e. The van der Waals surface area contributed by atoms with E-state index in [4.69, 9.17) is 4.74 Å². The lowest BCUT2D eigenvalue weighted by molar-refractivity contribution is 0.00645. The van der Waals surface area contributed by atoms with Gasteiger partial charge in [0.1, 0.15) is 0 Å². The Kier molecular flexibility index (Phi) is 7.85. The van der Waals surface area contributed by atoms with Gasteiger partial charge in [-0.25, -0.2) is 0 Å². The zero-order valence-electron chi connectivity index (χ0n) is 14.4. The molecule has 21 heavy (non-hydrogen) atoms.